The molecule has 0 bridgehead atoms. The average molecular weight is 368 g/mol. The monoisotopic (exact) mass is 367 g/mol. The molecule has 0 saturated heterocycles. The molecular weight excluding hydrogens is 346 g/mol. The second-order valence-corrected chi connectivity index (χ2v) is 7.44. The van der Waals surface area contributed by atoms with Gasteiger partial charge < -0.3 is 10.2 Å². The largest absolute Gasteiger partial charge is 0.355 e. The van der Waals surface area contributed by atoms with Crippen molar-refractivity contribution in [3.63, 3.8) is 0 Å². The maximum Gasteiger partial charge on any atom is 0.129 e. The second-order valence-electron chi connectivity index (χ2n) is 5.53. The Bertz CT molecular complexity index is 595. The number of anilines is 1. The van der Waals surface area contributed by atoms with Gasteiger partial charge in [-0.05, 0) is 52.7 Å². The molecule has 2 rings (SSSR count). The summed E-state index contributed by atoms with van der Waals surface area (Å²) in [7, 11) is 4.07. The normalized spacial score (nSPS) is 11.1. The molecule has 0 radical (unpaired) electrons. The number of nitrogens with one attached hydrogen (secondary N) is 1. The molecule has 0 fully saturated rings. The Morgan fingerprint density at radius 1 is 1.33 bits per heavy atom. The van der Waals surface area contributed by atoms with Crippen LogP contribution in [0.5, 0.6) is 0 Å². The Balaban J connectivity index is 2.24. The highest BCUT2D eigenvalue weighted by molar-refractivity contribution is 9.10. The summed E-state index contributed by atoms with van der Waals surface area (Å²) in [5, 5.41) is 5.34. The Morgan fingerprint density at radius 3 is 2.67 bits per heavy atom. The summed E-state index contributed by atoms with van der Waals surface area (Å²) in [6.45, 7) is 6.12. The van der Waals surface area contributed by atoms with Gasteiger partial charge in [-0.25, -0.2) is 4.98 Å². The molecule has 0 aliphatic heterocycles. The molecule has 0 atom stereocenters. The summed E-state index contributed by atoms with van der Waals surface area (Å²) in [4.78, 5) is 8.35. The van der Waals surface area contributed by atoms with Crippen molar-refractivity contribution < 1.29 is 0 Å². The summed E-state index contributed by atoms with van der Waals surface area (Å²) < 4.78 is 1.15. The molecule has 0 unspecified atom stereocenters. The van der Waals surface area contributed by atoms with Crippen molar-refractivity contribution in [2.75, 3.05) is 19.0 Å². The van der Waals surface area contributed by atoms with Crippen LogP contribution in [-0.4, -0.2) is 19.1 Å². The lowest BCUT2D eigenvalue weighted by atomic mass is 10.1. The molecule has 3 nitrogen and oxygen atoms in total. The highest BCUT2D eigenvalue weighted by Gasteiger charge is 2.10. The van der Waals surface area contributed by atoms with Gasteiger partial charge in [0.1, 0.15) is 5.82 Å². The van der Waals surface area contributed by atoms with Gasteiger partial charge in [-0.3, -0.25) is 0 Å². The third kappa shape index (κ3) is 4.53. The van der Waals surface area contributed by atoms with Gasteiger partial charge in [0.15, 0.2) is 0 Å². The maximum absolute atomic E-state index is 4.81. The zero-order valence-electron chi connectivity index (χ0n) is 13.0. The summed E-state index contributed by atoms with van der Waals surface area (Å²) in [5.74, 6) is 1.47. The van der Waals surface area contributed by atoms with Gasteiger partial charge in [-0.2, -0.15) is 0 Å². The number of hydrogen-bond acceptors (Lipinski definition) is 4. The quantitative estimate of drug-likeness (QED) is 0.820. The number of nitrogens with zero attached hydrogens (tertiary/aromatic N) is 2. The molecule has 0 spiro atoms. The number of aromatic nitrogens is 1. The molecule has 0 aliphatic rings. The minimum Gasteiger partial charge on any atom is -0.355 e. The van der Waals surface area contributed by atoms with E-state index in [1.54, 1.807) is 11.3 Å². The van der Waals surface area contributed by atoms with E-state index < -0.39 is 0 Å². The van der Waals surface area contributed by atoms with E-state index in [-0.39, 0.29) is 0 Å². The van der Waals surface area contributed by atoms with Crippen molar-refractivity contribution in [2.45, 2.75) is 32.9 Å². The summed E-state index contributed by atoms with van der Waals surface area (Å²) in [6.07, 6.45) is 0. The van der Waals surface area contributed by atoms with Gasteiger partial charge in [0, 0.05) is 34.0 Å². The summed E-state index contributed by atoms with van der Waals surface area (Å²) in [6, 6.07) is 6.53. The van der Waals surface area contributed by atoms with Gasteiger partial charge in [-0.1, -0.05) is 13.8 Å². The Morgan fingerprint density at radius 2 is 2.10 bits per heavy atom. The van der Waals surface area contributed by atoms with Crippen LogP contribution in [0, 0.1) is 0 Å². The van der Waals surface area contributed by atoms with Crippen LogP contribution >= 0.6 is 27.3 Å². The molecule has 0 amide bonds. The smallest absolute Gasteiger partial charge is 0.129 e. The van der Waals surface area contributed by atoms with Crippen molar-refractivity contribution in [1.82, 2.24) is 10.3 Å². The zero-order chi connectivity index (χ0) is 15.4. The number of thiophene rings is 1. The van der Waals surface area contributed by atoms with Gasteiger partial charge >= 0.3 is 0 Å². The van der Waals surface area contributed by atoms with Crippen molar-refractivity contribution in [1.29, 1.82) is 0 Å². The molecule has 2 heterocycles. The topological polar surface area (TPSA) is 28.2 Å². The Hall–Kier alpha value is -0.910. The lowest BCUT2D eigenvalue weighted by molar-refractivity contribution is 0.778. The molecule has 0 aliphatic carbocycles. The first kappa shape index (κ1) is 16.5. The third-order valence-electron chi connectivity index (χ3n) is 3.27. The van der Waals surface area contributed by atoms with Gasteiger partial charge in [0.2, 0.25) is 0 Å². The van der Waals surface area contributed by atoms with Crippen molar-refractivity contribution >= 4 is 33.1 Å². The van der Waals surface area contributed by atoms with Crippen molar-refractivity contribution in [3.8, 4) is 0 Å². The van der Waals surface area contributed by atoms with E-state index >= 15 is 0 Å². The number of halogens is 1. The van der Waals surface area contributed by atoms with Crippen molar-refractivity contribution in [3.05, 3.63) is 44.2 Å². The maximum atomic E-state index is 4.81. The van der Waals surface area contributed by atoms with Gasteiger partial charge in [0.05, 0.1) is 6.54 Å². The van der Waals surface area contributed by atoms with Gasteiger partial charge in [0.25, 0.3) is 0 Å². The highest BCUT2D eigenvalue weighted by atomic mass is 79.9. The Kier molecular flexibility index (Phi) is 5.79. The fourth-order valence-corrected chi connectivity index (χ4v) is 3.65. The predicted octanol–water partition coefficient (Wildman–Crippen LogP) is 4.38. The molecule has 2 aromatic heterocycles. The van der Waals surface area contributed by atoms with E-state index in [4.69, 9.17) is 4.98 Å². The average Bonchev–Trinajstić information content (AvgIpc) is 2.84. The molecule has 1 N–H and O–H groups in total. The molecule has 21 heavy (non-hydrogen) atoms. The molecular formula is C16H22BrN3S. The number of hydrogen-bond donors (Lipinski definition) is 1. The minimum atomic E-state index is 0.435. The SMILES string of the molecule is CNCc1cc(C(C)C)nc(N(C)Cc2cc(Br)cs2)c1. The van der Waals surface area contributed by atoms with Crippen LogP contribution in [-0.2, 0) is 13.1 Å². The minimum absolute atomic E-state index is 0.435. The highest BCUT2D eigenvalue weighted by Crippen LogP contribution is 2.24. The van der Waals surface area contributed by atoms with Crippen LogP contribution in [0.25, 0.3) is 0 Å². The number of rotatable bonds is 6. The first-order chi connectivity index (χ1) is 9.99. The Labute approximate surface area is 139 Å². The zero-order valence-corrected chi connectivity index (χ0v) is 15.4. The number of pyridine rings is 1. The van der Waals surface area contributed by atoms with E-state index in [0.717, 1.165) is 29.1 Å². The lowest BCUT2D eigenvalue weighted by Gasteiger charge is -2.20. The fraction of sp³-hybridized carbons (Fsp3) is 0.438. The second kappa shape index (κ2) is 7.38. The summed E-state index contributed by atoms with van der Waals surface area (Å²) >= 11 is 5.28. The van der Waals surface area contributed by atoms with Gasteiger partial charge in [-0.15, -0.1) is 11.3 Å². The van der Waals surface area contributed by atoms with E-state index in [9.17, 15) is 0 Å². The van der Waals surface area contributed by atoms with Crippen LogP contribution in [0.2, 0.25) is 0 Å². The van der Waals surface area contributed by atoms with Crippen LogP contribution < -0.4 is 10.2 Å². The lowest BCUT2D eigenvalue weighted by Crippen LogP contribution is -2.18. The standard InChI is InChI=1S/C16H22BrN3S/c1-11(2)15-5-12(8-18-3)6-16(19-15)20(4)9-14-7-13(17)10-21-14/h5-7,10-11,18H,8-9H2,1-4H3. The molecule has 0 aromatic carbocycles. The van der Waals surface area contributed by atoms with E-state index in [1.807, 2.05) is 7.05 Å². The van der Waals surface area contributed by atoms with Crippen LogP contribution in [0.4, 0.5) is 5.82 Å². The van der Waals surface area contributed by atoms with Crippen LogP contribution in [0.1, 0.15) is 35.9 Å². The van der Waals surface area contributed by atoms with E-state index in [2.05, 4.69) is 70.6 Å². The fourth-order valence-electron chi connectivity index (χ4n) is 2.14. The molecule has 0 saturated carbocycles. The first-order valence-electron chi connectivity index (χ1n) is 7.09. The van der Waals surface area contributed by atoms with Crippen molar-refractivity contribution in [2.24, 2.45) is 0 Å². The molecule has 114 valence electrons. The third-order valence-corrected chi connectivity index (χ3v) is 4.95. The predicted molar refractivity (Wildman–Crippen MR) is 95.2 cm³/mol. The molecule has 2 aromatic rings. The first-order valence-corrected chi connectivity index (χ1v) is 8.76. The van der Waals surface area contributed by atoms with E-state index in [0.29, 0.717) is 5.92 Å². The summed E-state index contributed by atoms with van der Waals surface area (Å²) in [5.41, 5.74) is 2.43. The van der Waals surface area contributed by atoms with E-state index in [1.165, 1.54) is 10.4 Å². The van der Waals surface area contributed by atoms with Crippen LogP contribution in [0.3, 0.4) is 0 Å². The molecule has 5 heteroatoms. The van der Waals surface area contributed by atoms with Crippen LogP contribution in [0.15, 0.2) is 28.1 Å².